The van der Waals surface area contributed by atoms with Gasteiger partial charge in [0.05, 0.1) is 12.2 Å². The molecule has 0 saturated carbocycles. The summed E-state index contributed by atoms with van der Waals surface area (Å²) in [6, 6.07) is 8.37. The molecule has 1 unspecified atom stereocenters. The highest BCUT2D eigenvalue weighted by Crippen LogP contribution is 2.20. The van der Waals surface area contributed by atoms with Crippen LogP contribution in [0.5, 0.6) is 0 Å². The maximum atomic E-state index is 5.99. The molecule has 1 atom stereocenters. The zero-order valence-electron chi connectivity index (χ0n) is 14.9. The highest BCUT2D eigenvalue weighted by molar-refractivity contribution is 14.0. The fourth-order valence-corrected chi connectivity index (χ4v) is 2.50. The average Bonchev–Trinajstić information content (AvgIpc) is 2.93. The Morgan fingerprint density at radius 1 is 1.29 bits per heavy atom. The molecule has 2 aromatic rings. The van der Waals surface area contributed by atoms with E-state index in [0.717, 1.165) is 29.8 Å². The smallest absolute Gasteiger partial charge is 0.193 e. The van der Waals surface area contributed by atoms with E-state index in [1.807, 2.05) is 30.1 Å². The molecule has 24 heavy (non-hydrogen) atoms. The highest BCUT2D eigenvalue weighted by atomic mass is 127. The molecular formula is C18H28IN5. The van der Waals surface area contributed by atoms with E-state index < -0.39 is 0 Å². The molecule has 1 aromatic carbocycles. The molecule has 3 N–H and O–H groups in total. The summed E-state index contributed by atoms with van der Waals surface area (Å²) < 4.78 is 1.82. The van der Waals surface area contributed by atoms with E-state index in [9.17, 15) is 0 Å². The van der Waals surface area contributed by atoms with Gasteiger partial charge in [-0.3, -0.25) is 4.68 Å². The third-order valence-electron chi connectivity index (χ3n) is 4.11. The first-order valence-electron chi connectivity index (χ1n) is 8.21. The maximum Gasteiger partial charge on any atom is 0.193 e. The van der Waals surface area contributed by atoms with E-state index in [4.69, 9.17) is 5.73 Å². The van der Waals surface area contributed by atoms with E-state index in [-0.39, 0.29) is 24.0 Å². The van der Waals surface area contributed by atoms with Gasteiger partial charge in [0.1, 0.15) is 0 Å². The van der Waals surface area contributed by atoms with Crippen molar-refractivity contribution in [3.05, 3.63) is 47.3 Å². The second-order valence-electron chi connectivity index (χ2n) is 5.89. The SMILES string of the molecule is CCc1nn(C)cc1CN=C(N)Nc1ccc(C(C)CC)cc1.I. The van der Waals surface area contributed by atoms with Crippen molar-refractivity contribution in [2.24, 2.45) is 17.8 Å². The van der Waals surface area contributed by atoms with E-state index >= 15 is 0 Å². The van der Waals surface area contributed by atoms with Gasteiger partial charge < -0.3 is 11.1 Å². The van der Waals surface area contributed by atoms with Crippen LogP contribution in [-0.2, 0) is 20.0 Å². The first kappa shape index (κ1) is 20.5. The number of anilines is 1. The summed E-state index contributed by atoms with van der Waals surface area (Å²) in [4.78, 5) is 4.42. The molecule has 0 spiro atoms. The molecule has 5 nitrogen and oxygen atoms in total. The van der Waals surface area contributed by atoms with Gasteiger partial charge in [-0.1, -0.05) is 32.9 Å². The number of hydrogen-bond acceptors (Lipinski definition) is 2. The number of rotatable bonds is 6. The van der Waals surface area contributed by atoms with E-state index in [2.05, 4.69) is 48.3 Å². The Morgan fingerprint density at radius 2 is 1.96 bits per heavy atom. The Kier molecular flexibility index (Phi) is 8.24. The summed E-state index contributed by atoms with van der Waals surface area (Å²) in [7, 11) is 1.92. The van der Waals surface area contributed by atoms with Gasteiger partial charge >= 0.3 is 0 Å². The molecule has 6 heteroatoms. The predicted octanol–water partition coefficient (Wildman–Crippen LogP) is 4.04. The number of aliphatic imine (C=N–C) groups is 1. The van der Waals surface area contributed by atoms with Crippen molar-refractivity contribution in [1.82, 2.24) is 9.78 Å². The van der Waals surface area contributed by atoms with Crippen molar-refractivity contribution in [2.45, 2.75) is 46.1 Å². The van der Waals surface area contributed by atoms with Gasteiger partial charge in [0, 0.05) is 24.5 Å². The summed E-state index contributed by atoms with van der Waals surface area (Å²) in [5, 5.41) is 7.55. The summed E-state index contributed by atoms with van der Waals surface area (Å²) in [6.07, 6.45) is 4.04. The Morgan fingerprint density at radius 3 is 2.54 bits per heavy atom. The fraction of sp³-hybridized carbons (Fsp3) is 0.444. The second-order valence-corrected chi connectivity index (χ2v) is 5.89. The molecule has 1 aromatic heterocycles. The predicted molar refractivity (Wildman–Crippen MR) is 112 cm³/mol. The number of guanidine groups is 1. The molecule has 0 fully saturated rings. The Labute approximate surface area is 161 Å². The van der Waals surface area contributed by atoms with E-state index in [1.165, 1.54) is 5.56 Å². The highest BCUT2D eigenvalue weighted by Gasteiger charge is 2.06. The average molecular weight is 441 g/mol. The first-order valence-corrected chi connectivity index (χ1v) is 8.21. The van der Waals surface area contributed by atoms with Crippen molar-refractivity contribution in [3.63, 3.8) is 0 Å². The summed E-state index contributed by atoms with van der Waals surface area (Å²) in [5.41, 5.74) is 10.5. The Hall–Kier alpha value is -1.57. The molecule has 2 rings (SSSR count). The lowest BCUT2D eigenvalue weighted by Crippen LogP contribution is -2.22. The molecule has 0 bridgehead atoms. The number of nitrogens with two attached hydrogens (primary N) is 1. The quantitative estimate of drug-likeness (QED) is 0.404. The number of nitrogens with zero attached hydrogens (tertiary/aromatic N) is 3. The summed E-state index contributed by atoms with van der Waals surface area (Å²) in [5.74, 6) is 1.00. The summed E-state index contributed by atoms with van der Waals surface area (Å²) in [6.45, 7) is 7.07. The van der Waals surface area contributed by atoms with Crippen LogP contribution >= 0.6 is 24.0 Å². The second kappa shape index (κ2) is 9.66. The molecule has 0 radical (unpaired) electrons. The van der Waals surface area contributed by atoms with Crippen LogP contribution in [0.15, 0.2) is 35.5 Å². The van der Waals surface area contributed by atoms with Crippen molar-refractivity contribution in [1.29, 1.82) is 0 Å². The third kappa shape index (κ3) is 5.51. The topological polar surface area (TPSA) is 68.2 Å². The summed E-state index contributed by atoms with van der Waals surface area (Å²) >= 11 is 0. The Balaban J connectivity index is 0.00000288. The van der Waals surface area contributed by atoms with E-state index in [0.29, 0.717) is 18.4 Å². The lowest BCUT2D eigenvalue weighted by atomic mass is 9.99. The molecule has 0 saturated heterocycles. The van der Waals surface area contributed by atoms with Gasteiger partial charge in [-0.25, -0.2) is 4.99 Å². The number of nitrogens with one attached hydrogen (secondary N) is 1. The van der Waals surface area contributed by atoms with E-state index in [1.54, 1.807) is 0 Å². The van der Waals surface area contributed by atoms with Gasteiger partial charge in [0.15, 0.2) is 5.96 Å². The molecule has 132 valence electrons. The fourth-order valence-electron chi connectivity index (χ4n) is 2.50. The zero-order valence-corrected chi connectivity index (χ0v) is 17.2. The molecule has 0 amide bonds. The van der Waals surface area contributed by atoms with Gasteiger partial charge in [-0.05, 0) is 36.5 Å². The van der Waals surface area contributed by atoms with Crippen LogP contribution in [-0.4, -0.2) is 15.7 Å². The minimum Gasteiger partial charge on any atom is -0.370 e. The monoisotopic (exact) mass is 441 g/mol. The molecule has 0 aliphatic heterocycles. The van der Waals surface area contributed by atoms with Crippen LogP contribution < -0.4 is 11.1 Å². The number of aromatic nitrogens is 2. The molecule has 1 heterocycles. The van der Waals surface area contributed by atoms with Crippen LogP contribution in [0.1, 0.15) is 49.9 Å². The number of aryl methyl sites for hydroxylation is 2. The van der Waals surface area contributed by atoms with Crippen LogP contribution in [0, 0.1) is 0 Å². The van der Waals surface area contributed by atoms with Crippen molar-refractivity contribution < 1.29 is 0 Å². The largest absolute Gasteiger partial charge is 0.370 e. The van der Waals surface area contributed by atoms with Crippen molar-refractivity contribution >= 4 is 35.6 Å². The minimum atomic E-state index is 0. The van der Waals surface area contributed by atoms with Crippen LogP contribution in [0.25, 0.3) is 0 Å². The first-order chi connectivity index (χ1) is 11.0. The van der Waals surface area contributed by atoms with Crippen molar-refractivity contribution in [2.75, 3.05) is 5.32 Å². The number of hydrogen-bond donors (Lipinski definition) is 2. The molecule has 0 aliphatic carbocycles. The third-order valence-corrected chi connectivity index (χ3v) is 4.11. The maximum absolute atomic E-state index is 5.99. The molecular weight excluding hydrogens is 413 g/mol. The van der Waals surface area contributed by atoms with Gasteiger partial charge in [0.2, 0.25) is 0 Å². The lowest BCUT2D eigenvalue weighted by Gasteiger charge is -2.10. The van der Waals surface area contributed by atoms with Gasteiger partial charge in [-0.15, -0.1) is 24.0 Å². The van der Waals surface area contributed by atoms with Crippen LogP contribution in [0.2, 0.25) is 0 Å². The van der Waals surface area contributed by atoms with Gasteiger partial charge in [0.25, 0.3) is 0 Å². The lowest BCUT2D eigenvalue weighted by molar-refractivity contribution is 0.734. The van der Waals surface area contributed by atoms with Crippen molar-refractivity contribution in [3.8, 4) is 0 Å². The standard InChI is InChI=1S/C18H27N5.HI/c1-5-13(3)14-7-9-16(10-8-14)21-18(19)20-11-15-12-23(4)22-17(15)6-2;/h7-10,12-13H,5-6,11H2,1-4H3,(H3,19,20,21);1H. The van der Waals surface area contributed by atoms with Gasteiger partial charge in [-0.2, -0.15) is 5.10 Å². The minimum absolute atomic E-state index is 0. The Bertz CT molecular complexity index is 661. The zero-order chi connectivity index (χ0) is 16.8. The number of benzene rings is 1. The molecule has 0 aliphatic rings. The number of halogens is 1. The normalized spacial score (nSPS) is 12.6. The van der Waals surface area contributed by atoms with Crippen LogP contribution in [0.3, 0.4) is 0 Å². The van der Waals surface area contributed by atoms with Crippen LogP contribution in [0.4, 0.5) is 5.69 Å².